The van der Waals surface area contributed by atoms with Gasteiger partial charge in [-0.15, -0.1) is 0 Å². The first kappa shape index (κ1) is 28.1. The largest absolute Gasteiger partial charge is 0.416 e. The molecule has 1 aliphatic carbocycles. The van der Waals surface area contributed by atoms with Crippen LogP contribution in [0.2, 0.25) is 0 Å². The number of carbonyl (C=O) groups is 2. The smallest absolute Gasteiger partial charge is 0.353 e. The number of rotatable bonds is 9. The number of carbonyl (C=O) groups excluding carboxylic acids is 2. The number of H-pyrrole nitrogens is 1. The van der Waals surface area contributed by atoms with E-state index in [9.17, 15) is 35.9 Å². The summed E-state index contributed by atoms with van der Waals surface area (Å²) in [6.07, 6.45) is -5.27. The zero-order valence-electron chi connectivity index (χ0n) is 20.5. The summed E-state index contributed by atoms with van der Waals surface area (Å²) in [6, 6.07) is 6.38. The van der Waals surface area contributed by atoms with Gasteiger partial charge in [-0.05, 0) is 61.1 Å². The minimum absolute atomic E-state index is 0.0316. The van der Waals surface area contributed by atoms with Crippen molar-refractivity contribution in [3.8, 4) is 0 Å². The van der Waals surface area contributed by atoms with Crippen molar-refractivity contribution in [2.75, 3.05) is 5.32 Å². The number of hydrogen-bond donors (Lipinski definition) is 3. The number of aromatic amines is 1. The van der Waals surface area contributed by atoms with Crippen molar-refractivity contribution in [1.82, 2.24) is 20.5 Å². The number of nitrogens with zero attached hydrogens (tertiary/aromatic N) is 2. The minimum Gasteiger partial charge on any atom is -0.353 e. The highest BCUT2D eigenvalue weighted by Gasteiger charge is 2.37. The summed E-state index contributed by atoms with van der Waals surface area (Å²) in [7, 11) is 0. The number of benzene rings is 1. The average Bonchev–Trinajstić information content (AvgIpc) is 3.30. The maximum atomic E-state index is 13.2. The number of aryl methyl sites for hydroxylation is 2. The SMILES string of the molecule is O=C(CCc1cccnc1)Nc1cc(C2CC(NC(=O)CCc3cc(C(F)(F)F)ccc3C(F)(F)F)C2)[nH]n1. The molecule has 2 heterocycles. The molecule has 2 amide bonds. The van der Waals surface area contributed by atoms with Crippen molar-refractivity contribution in [1.29, 1.82) is 0 Å². The van der Waals surface area contributed by atoms with Crippen LogP contribution in [0.5, 0.6) is 0 Å². The Bertz CT molecular complexity index is 1300. The maximum absolute atomic E-state index is 13.2. The van der Waals surface area contributed by atoms with Crippen molar-refractivity contribution in [3.05, 3.63) is 76.7 Å². The Kier molecular flexibility index (Phi) is 8.26. The lowest BCUT2D eigenvalue weighted by atomic mass is 9.78. The summed E-state index contributed by atoms with van der Waals surface area (Å²) >= 11 is 0. The van der Waals surface area contributed by atoms with Crippen LogP contribution >= 0.6 is 0 Å². The molecular formula is C26H25F6N5O2. The quantitative estimate of drug-likeness (QED) is 0.309. The molecule has 4 rings (SSSR count). The Morgan fingerprint density at radius 1 is 0.949 bits per heavy atom. The van der Waals surface area contributed by atoms with E-state index >= 15 is 0 Å². The summed E-state index contributed by atoms with van der Waals surface area (Å²) in [5.74, 6) is -0.348. The molecule has 1 aliphatic rings. The highest BCUT2D eigenvalue weighted by atomic mass is 19.4. The Labute approximate surface area is 219 Å². The van der Waals surface area contributed by atoms with E-state index in [0.717, 1.165) is 11.3 Å². The van der Waals surface area contributed by atoms with Gasteiger partial charge in [0.15, 0.2) is 5.82 Å². The van der Waals surface area contributed by atoms with Crippen LogP contribution in [-0.2, 0) is 34.8 Å². The fraction of sp³-hybridized carbons (Fsp3) is 0.385. The third-order valence-corrected chi connectivity index (χ3v) is 6.53. The summed E-state index contributed by atoms with van der Waals surface area (Å²) in [6.45, 7) is 0. The fourth-order valence-electron chi connectivity index (χ4n) is 4.41. The number of halogens is 6. The summed E-state index contributed by atoms with van der Waals surface area (Å²) in [4.78, 5) is 28.5. The van der Waals surface area contributed by atoms with E-state index in [1.54, 1.807) is 24.5 Å². The van der Waals surface area contributed by atoms with Crippen LogP contribution in [0.1, 0.15) is 59.5 Å². The lowest BCUT2D eigenvalue weighted by Gasteiger charge is -2.35. The Balaban J connectivity index is 1.23. The van der Waals surface area contributed by atoms with E-state index in [4.69, 9.17) is 0 Å². The van der Waals surface area contributed by atoms with Gasteiger partial charge in [0.25, 0.3) is 0 Å². The van der Waals surface area contributed by atoms with E-state index in [0.29, 0.717) is 43.3 Å². The summed E-state index contributed by atoms with van der Waals surface area (Å²) in [5, 5.41) is 12.4. The molecule has 3 N–H and O–H groups in total. The van der Waals surface area contributed by atoms with Crippen LogP contribution in [0.4, 0.5) is 32.2 Å². The first-order valence-corrected chi connectivity index (χ1v) is 12.2. The van der Waals surface area contributed by atoms with Crippen molar-refractivity contribution < 1.29 is 35.9 Å². The van der Waals surface area contributed by atoms with Gasteiger partial charge in [-0.2, -0.15) is 31.4 Å². The van der Waals surface area contributed by atoms with Gasteiger partial charge in [0.1, 0.15) is 0 Å². The van der Waals surface area contributed by atoms with Crippen LogP contribution in [0.25, 0.3) is 0 Å². The molecule has 39 heavy (non-hydrogen) atoms. The van der Waals surface area contributed by atoms with Gasteiger partial charge in [-0.3, -0.25) is 19.7 Å². The van der Waals surface area contributed by atoms with Gasteiger partial charge in [0.2, 0.25) is 11.8 Å². The molecule has 0 bridgehead atoms. The fourth-order valence-corrected chi connectivity index (χ4v) is 4.41. The molecule has 0 unspecified atom stereocenters. The van der Waals surface area contributed by atoms with Crippen molar-refractivity contribution in [2.24, 2.45) is 0 Å². The van der Waals surface area contributed by atoms with E-state index in [1.807, 2.05) is 6.07 Å². The van der Waals surface area contributed by atoms with Crippen molar-refractivity contribution >= 4 is 17.6 Å². The second-order valence-corrected chi connectivity index (χ2v) is 9.42. The third-order valence-electron chi connectivity index (χ3n) is 6.53. The van der Waals surface area contributed by atoms with E-state index in [2.05, 4.69) is 25.8 Å². The predicted molar refractivity (Wildman–Crippen MR) is 128 cm³/mol. The summed E-state index contributed by atoms with van der Waals surface area (Å²) < 4.78 is 78.6. The molecule has 1 saturated carbocycles. The molecule has 208 valence electrons. The van der Waals surface area contributed by atoms with Gasteiger partial charge < -0.3 is 10.6 Å². The van der Waals surface area contributed by atoms with Crippen molar-refractivity contribution in [3.63, 3.8) is 0 Å². The number of hydrogen-bond acceptors (Lipinski definition) is 4. The van der Waals surface area contributed by atoms with E-state index in [-0.39, 0.29) is 30.7 Å². The summed E-state index contributed by atoms with van der Waals surface area (Å²) in [5.41, 5.74) is -1.26. The molecule has 3 aromatic rings. The monoisotopic (exact) mass is 553 g/mol. The zero-order chi connectivity index (χ0) is 28.2. The third kappa shape index (κ3) is 7.58. The molecule has 0 spiro atoms. The Hall–Kier alpha value is -3.90. The van der Waals surface area contributed by atoms with Crippen LogP contribution in [0.3, 0.4) is 0 Å². The van der Waals surface area contributed by atoms with Crippen LogP contribution in [-0.4, -0.2) is 33.0 Å². The average molecular weight is 554 g/mol. The number of nitrogens with one attached hydrogen (secondary N) is 3. The number of aromatic nitrogens is 3. The molecule has 13 heteroatoms. The Morgan fingerprint density at radius 3 is 2.36 bits per heavy atom. The minimum atomic E-state index is -4.83. The molecule has 0 atom stereocenters. The normalized spacial score (nSPS) is 17.4. The molecule has 7 nitrogen and oxygen atoms in total. The molecule has 2 aromatic heterocycles. The molecular weight excluding hydrogens is 528 g/mol. The zero-order valence-corrected chi connectivity index (χ0v) is 20.5. The lowest BCUT2D eigenvalue weighted by molar-refractivity contribution is -0.141. The second-order valence-electron chi connectivity index (χ2n) is 9.42. The van der Waals surface area contributed by atoms with E-state index in [1.165, 1.54) is 0 Å². The second kappa shape index (κ2) is 11.5. The van der Waals surface area contributed by atoms with Crippen LogP contribution < -0.4 is 10.6 Å². The highest BCUT2D eigenvalue weighted by Crippen LogP contribution is 2.38. The molecule has 1 aromatic carbocycles. The number of pyridine rings is 1. The molecule has 0 aliphatic heterocycles. The maximum Gasteiger partial charge on any atom is 0.416 e. The lowest BCUT2D eigenvalue weighted by Crippen LogP contribution is -2.43. The molecule has 1 fully saturated rings. The van der Waals surface area contributed by atoms with Crippen LogP contribution in [0.15, 0.2) is 48.8 Å². The highest BCUT2D eigenvalue weighted by molar-refractivity contribution is 5.89. The number of alkyl halides is 6. The van der Waals surface area contributed by atoms with Gasteiger partial charge in [0, 0.05) is 49.0 Å². The predicted octanol–water partition coefficient (Wildman–Crippen LogP) is 5.41. The number of anilines is 1. The van der Waals surface area contributed by atoms with E-state index < -0.39 is 41.4 Å². The van der Waals surface area contributed by atoms with Gasteiger partial charge in [0.05, 0.1) is 11.1 Å². The standard InChI is InChI=1S/C26H25F6N5O2/c27-25(28,29)18-5-6-20(26(30,31)32)16(10-18)4-8-23(38)34-19-11-17(12-19)21-13-22(37-36-21)35-24(39)7-3-15-2-1-9-33-14-15/h1-2,5-6,9-10,13-14,17,19H,3-4,7-8,11-12H2,(H,34,38)(H2,35,36,37,39). The van der Waals surface area contributed by atoms with Gasteiger partial charge in [-0.1, -0.05) is 6.07 Å². The molecule has 0 saturated heterocycles. The first-order chi connectivity index (χ1) is 18.4. The Morgan fingerprint density at radius 2 is 1.69 bits per heavy atom. The topological polar surface area (TPSA) is 99.8 Å². The first-order valence-electron chi connectivity index (χ1n) is 12.2. The van der Waals surface area contributed by atoms with Gasteiger partial charge >= 0.3 is 12.4 Å². The van der Waals surface area contributed by atoms with Crippen LogP contribution in [0, 0.1) is 0 Å². The molecule has 0 radical (unpaired) electrons. The van der Waals surface area contributed by atoms with Gasteiger partial charge in [-0.25, -0.2) is 0 Å². The van der Waals surface area contributed by atoms with Crippen molar-refractivity contribution in [2.45, 2.75) is 62.8 Å². The number of amides is 2.